The normalized spacial score (nSPS) is 16.6. The second-order valence-electron chi connectivity index (χ2n) is 3.63. The highest BCUT2D eigenvalue weighted by molar-refractivity contribution is 9.10. The second kappa shape index (κ2) is 5.47. The summed E-state index contributed by atoms with van der Waals surface area (Å²) in [6.07, 6.45) is 0. The van der Waals surface area contributed by atoms with Crippen molar-refractivity contribution >= 4 is 37.5 Å². The van der Waals surface area contributed by atoms with Crippen LogP contribution < -0.4 is 4.90 Å². The van der Waals surface area contributed by atoms with Gasteiger partial charge in [0.2, 0.25) is 0 Å². The van der Waals surface area contributed by atoms with Gasteiger partial charge in [-0.2, -0.15) is 0 Å². The van der Waals surface area contributed by atoms with Crippen LogP contribution in [0, 0.1) is 5.82 Å². The van der Waals surface area contributed by atoms with Gasteiger partial charge in [-0.15, -0.1) is 0 Å². The molecule has 2 nitrogen and oxygen atoms in total. The molecule has 0 atom stereocenters. The zero-order valence-electron chi connectivity index (χ0n) is 8.68. The summed E-state index contributed by atoms with van der Waals surface area (Å²) in [5, 5.41) is 0.523. The van der Waals surface area contributed by atoms with Gasteiger partial charge in [0.15, 0.2) is 5.82 Å². The maximum Gasteiger partial charge on any atom is 0.150 e. The van der Waals surface area contributed by atoms with Crippen LogP contribution in [0.1, 0.15) is 5.56 Å². The molecule has 0 bridgehead atoms. The van der Waals surface area contributed by atoms with Gasteiger partial charge < -0.3 is 9.64 Å². The summed E-state index contributed by atoms with van der Waals surface area (Å²) in [7, 11) is 0. The van der Waals surface area contributed by atoms with Crippen LogP contribution in [0.25, 0.3) is 0 Å². The number of benzene rings is 1. The first-order chi connectivity index (χ1) is 7.72. The van der Waals surface area contributed by atoms with E-state index in [4.69, 9.17) is 4.74 Å². The lowest BCUT2D eigenvalue weighted by molar-refractivity contribution is 0.122. The van der Waals surface area contributed by atoms with Crippen molar-refractivity contribution in [3.63, 3.8) is 0 Å². The minimum Gasteiger partial charge on any atom is -0.378 e. The van der Waals surface area contributed by atoms with Crippen molar-refractivity contribution in [1.29, 1.82) is 0 Å². The number of hydrogen-bond acceptors (Lipinski definition) is 2. The first-order valence-electron chi connectivity index (χ1n) is 5.09. The van der Waals surface area contributed by atoms with Crippen LogP contribution in [0.15, 0.2) is 16.6 Å². The van der Waals surface area contributed by atoms with Gasteiger partial charge in [-0.3, -0.25) is 0 Å². The summed E-state index contributed by atoms with van der Waals surface area (Å²) in [5.74, 6) is -0.137. The Hall–Kier alpha value is -0.130. The summed E-state index contributed by atoms with van der Waals surface area (Å²) in [6, 6.07) is 3.63. The first kappa shape index (κ1) is 12.3. The summed E-state index contributed by atoms with van der Waals surface area (Å²) in [6.45, 7) is 2.81. The number of nitrogens with zero attached hydrogens (tertiary/aromatic N) is 1. The molecule has 16 heavy (non-hydrogen) atoms. The Morgan fingerprint density at radius 3 is 2.62 bits per heavy atom. The third-order valence-electron chi connectivity index (χ3n) is 2.59. The topological polar surface area (TPSA) is 12.5 Å². The van der Waals surface area contributed by atoms with Gasteiger partial charge in [0.05, 0.1) is 18.9 Å². The van der Waals surface area contributed by atoms with Crippen molar-refractivity contribution < 1.29 is 9.13 Å². The molecule has 1 aliphatic rings. The summed E-state index contributed by atoms with van der Waals surface area (Å²) in [4.78, 5) is 2.02. The zero-order valence-corrected chi connectivity index (χ0v) is 11.9. The lowest BCUT2D eigenvalue weighted by Gasteiger charge is -2.29. The van der Waals surface area contributed by atoms with Crippen molar-refractivity contribution in [3.05, 3.63) is 28.0 Å². The van der Waals surface area contributed by atoms with E-state index in [1.165, 1.54) is 0 Å². The van der Waals surface area contributed by atoms with Crippen molar-refractivity contribution in [3.8, 4) is 0 Å². The maximum absolute atomic E-state index is 14.1. The predicted octanol–water partition coefficient (Wildman–Crippen LogP) is 3.32. The van der Waals surface area contributed by atoms with Crippen molar-refractivity contribution in [2.24, 2.45) is 0 Å². The fraction of sp³-hybridized carbons (Fsp3) is 0.455. The average molecular weight is 353 g/mol. The predicted molar refractivity (Wildman–Crippen MR) is 69.8 cm³/mol. The molecule has 1 saturated heterocycles. The van der Waals surface area contributed by atoms with E-state index in [9.17, 15) is 4.39 Å². The number of morpholine rings is 1. The number of hydrogen-bond donors (Lipinski definition) is 0. The van der Waals surface area contributed by atoms with Crippen LogP contribution >= 0.6 is 31.9 Å². The quantitative estimate of drug-likeness (QED) is 0.757. The third-order valence-corrected chi connectivity index (χ3v) is 3.65. The van der Waals surface area contributed by atoms with E-state index in [1.807, 2.05) is 11.0 Å². The highest BCUT2D eigenvalue weighted by atomic mass is 79.9. The molecule has 0 radical (unpaired) electrons. The standard InChI is InChI=1S/C11H12Br2FNO/c12-7-8-5-9(13)6-10(11(8)14)15-1-3-16-4-2-15/h5-6H,1-4,7H2. The Kier molecular flexibility index (Phi) is 4.21. The van der Waals surface area contributed by atoms with E-state index in [2.05, 4.69) is 31.9 Å². The molecule has 0 N–H and O–H groups in total. The molecule has 0 saturated carbocycles. The minimum atomic E-state index is -0.137. The molecule has 1 aliphatic heterocycles. The molecule has 0 unspecified atom stereocenters. The van der Waals surface area contributed by atoms with E-state index in [-0.39, 0.29) is 5.82 Å². The van der Waals surface area contributed by atoms with Gasteiger partial charge in [-0.1, -0.05) is 31.9 Å². The average Bonchev–Trinajstić information content (AvgIpc) is 2.33. The lowest BCUT2D eigenvalue weighted by Crippen LogP contribution is -2.36. The Bertz CT molecular complexity index is 380. The maximum atomic E-state index is 14.1. The molecule has 5 heteroatoms. The summed E-state index contributed by atoms with van der Waals surface area (Å²) >= 11 is 6.71. The van der Waals surface area contributed by atoms with E-state index < -0.39 is 0 Å². The summed E-state index contributed by atoms with van der Waals surface area (Å²) < 4.78 is 20.3. The third kappa shape index (κ3) is 2.57. The number of rotatable bonds is 2. The fourth-order valence-corrected chi connectivity index (χ4v) is 2.66. The molecule has 1 fully saturated rings. The number of anilines is 1. The van der Waals surface area contributed by atoms with E-state index >= 15 is 0 Å². The molecular weight excluding hydrogens is 341 g/mol. The van der Waals surface area contributed by atoms with Gasteiger partial charge in [-0.25, -0.2) is 4.39 Å². The van der Waals surface area contributed by atoms with Crippen LogP contribution in [-0.4, -0.2) is 26.3 Å². The minimum absolute atomic E-state index is 0.137. The van der Waals surface area contributed by atoms with Crippen LogP contribution in [0.3, 0.4) is 0 Å². The van der Waals surface area contributed by atoms with Gasteiger partial charge >= 0.3 is 0 Å². The molecule has 0 spiro atoms. The zero-order chi connectivity index (χ0) is 11.5. The Balaban J connectivity index is 2.34. The van der Waals surface area contributed by atoms with Gasteiger partial charge in [0.1, 0.15) is 0 Å². The van der Waals surface area contributed by atoms with Crippen molar-refractivity contribution in [2.75, 3.05) is 31.2 Å². The van der Waals surface area contributed by atoms with Crippen LogP contribution in [0.2, 0.25) is 0 Å². The monoisotopic (exact) mass is 351 g/mol. The number of ether oxygens (including phenoxy) is 1. The molecule has 0 aliphatic carbocycles. The molecule has 0 aromatic heterocycles. The highest BCUT2D eigenvalue weighted by Gasteiger charge is 2.17. The smallest absolute Gasteiger partial charge is 0.150 e. The Morgan fingerprint density at radius 1 is 1.31 bits per heavy atom. The number of halogens is 3. The largest absolute Gasteiger partial charge is 0.378 e. The van der Waals surface area contributed by atoms with E-state index in [0.717, 1.165) is 17.6 Å². The van der Waals surface area contributed by atoms with Crippen molar-refractivity contribution in [1.82, 2.24) is 0 Å². The molecular formula is C11H12Br2FNO. The highest BCUT2D eigenvalue weighted by Crippen LogP contribution is 2.29. The van der Waals surface area contributed by atoms with Crippen LogP contribution in [0.4, 0.5) is 10.1 Å². The Labute approximate surface area is 111 Å². The molecule has 1 heterocycles. The van der Waals surface area contributed by atoms with E-state index in [1.54, 1.807) is 6.07 Å². The Morgan fingerprint density at radius 2 is 2.00 bits per heavy atom. The second-order valence-corrected chi connectivity index (χ2v) is 5.11. The molecule has 1 aromatic carbocycles. The van der Waals surface area contributed by atoms with Crippen LogP contribution in [0.5, 0.6) is 0 Å². The molecule has 2 rings (SSSR count). The van der Waals surface area contributed by atoms with Gasteiger partial charge in [-0.05, 0) is 12.1 Å². The number of alkyl halides is 1. The van der Waals surface area contributed by atoms with E-state index in [0.29, 0.717) is 29.8 Å². The SMILES string of the molecule is Fc1c(CBr)cc(Br)cc1N1CCOCC1. The molecule has 0 amide bonds. The van der Waals surface area contributed by atoms with Crippen LogP contribution in [-0.2, 0) is 10.1 Å². The fourth-order valence-electron chi connectivity index (χ4n) is 1.76. The lowest BCUT2D eigenvalue weighted by atomic mass is 10.2. The molecule has 1 aromatic rings. The van der Waals surface area contributed by atoms with Gasteiger partial charge in [0, 0.05) is 28.5 Å². The summed E-state index contributed by atoms with van der Waals surface area (Å²) in [5.41, 5.74) is 1.34. The van der Waals surface area contributed by atoms with Gasteiger partial charge in [0.25, 0.3) is 0 Å². The van der Waals surface area contributed by atoms with Crippen molar-refractivity contribution in [2.45, 2.75) is 5.33 Å². The first-order valence-corrected chi connectivity index (χ1v) is 7.00. The molecule has 88 valence electrons.